The number of Topliss-reactive ketones (excluding diaryl/α,β-unsaturated/α-hetero) is 1. The Kier molecular flexibility index (Phi) is 6.46. The number of ketones is 1. The number of imide groups is 1. The number of carbonyl (C=O) groups is 4. The maximum absolute atomic E-state index is 13.0. The van der Waals surface area contributed by atoms with Crippen LogP contribution in [0.1, 0.15) is 36.8 Å². The number of nitrogens with one attached hydrogen (secondary N) is 2. The molecule has 7 heteroatoms. The predicted molar refractivity (Wildman–Crippen MR) is 123 cm³/mol. The maximum Gasteiger partial charge on any atom is 0.244 e. The number of hydrogen-bond donors (Lipinski definition) is 2. The monoisotopic (exact) mass is 450 g/mol. The van der Waals surface area contributed by atoms with Gasteiger partial charge < -0.3 is 5.32 Å². The Hall–Kier alpha value is -2.93. The van der Waals surface area contributed by atoms with Crippen LogP contribution in [0.15, 0.2) is 60.7 Å². The zero-order chi connectivity index (χ0) is 22.7. The molecule has 0 spiro atoms. The summed E-state index contributed by atoms with van der Waals surface area (Å²) in [4.78, 5) is 50.1. The molecule has 0 radical (unpaired) electrons. The molecule has 0 bridgehead atoms. The zero-order valence-electron chi connectivity index (χ0n) is 17.9. The molecule has 1 unspecified atom stereocenters. The number of thioether (sulfide) groups is 1. The van der Waals surface area contributed by atoms with Crippen LogP contribution in [0.4, 0.5) is 0 Å². The Morgan fingerprint density at radius 2 is 1.72 bits per heavy atom. The number of benzene rings is 2. The van der Waals surface area contributed by atoms with Gasteiger partial charge in [-0.25, -0.2) is 0 Å². The third-order valence-corrected chi connectivity index (χ3v) is 8.11. The number of carbonyl (C=O) groups excluding carboxylic acids is 4. The van der Waals surface area contributed by atoms with Crippen LogP contribution < -0.4 is 10.6 Å². The molecule has 1 heterocycles. The van der Waals surface area contributed by atoms with Gasteiger partial charge in [0.1, 0.15) is 4.75 Å². The molecule has 1 aliphatic carbocycles. The van der Waals surface area contributed by atoms with Gasteiger partial charge in [0.25, 0.3) is 0 Å². The normalized spacial score (nSPS) is 24.8. The SMILES string of the molecule is CC(=O)N[C@H](CS[C@]12C(=O)NC(=O)[C@H]1CC2c1ccccc1)C(=O)CCc1ccccc1. The Balaban J connectivity index is 1.50. The van der Waals surface area contributed by atoms with E-state index in [-0.39, 0.29) is 35.2 Å². The smallest absolute Gasteiger partial charge is 0.244 e. The molecule has 2 aromatic carbocycles. The molecule has 0 aromatic heterocycles. The number of amides is 3. The van der Waals surface area contributed by atoms with Gasteiger partial charge in [0.05, 0.1) is 12.0 Å². The summed E-state index contributed by atoms with van der Waals surface area (Å²) in [6.45, 7) is 1.38. The summed E-state index contributed by atoms with van der Waals surface area (Å²) >= 11 is 1.33. The summed E-state index contributed by atoms with van der Waals surface area (Å²) in [5.74, 6) is -1.20. The van der Waals surface area contributed by atoms with Crippen LogP contribution in [0.2, 0.25) is 0 Å². The van der Waals surface area contributed by atoms with Crippen LogP contribution in [0.5, 0.6) is 0 Å². The van der Waals surface area contributed by atoms with Crippen LogP contribution in [-0.4, -0.2) is 40.0 Å². The Morgan fingerprint density at radius 3 is 2.34 bits per heavy atom. The van der Waals surface area contributed by atoms with Gasteiger partial charge in [-0.1, -0.05) is 60.7 Å². The molecule has 3 amide bonds. The molecule has 6 nitrogen and oxygen atoms in total. The lowest BCUT2D eigenvalue weighted by atomic mass is 9.62. The lowest BCUT2D eigenvalue weighted by molar-refractivity contribution is -0.126. The van der Waals surface area contributed by atoms with Gasteiger partial charge in [0, 0.05) is 25.0 Å². The van der Waals surface area contributed by atoms with Gasteiger partial charge in [0.15, 0.2) is 5.78 Å². The molecule has 1 aliphatic heterocycles. The minimum Gasteiger partial charge on any atom is -0.346 e. The first-order valence-electron chi connectivity index (χ1n) is 10.8. The van der Waals surface area contributed by atoms with Crippen molar-refractivity contribution in [2.24, 2.45) is 5.92 Å². The Labute approximate surface area is 191 Å². The quantitative estimate of drug-likeness (QED) is 0.573. The molecule has 2 fully saturated rings. The molecular formula is C25H26N2O4S. The fraction of sp³-hybridized carbons (Fsp3) is 0.360. The summed E-state index contributed by atoms with van der Waals surface area (Å²) in [7, 11) is 0. The van der Waals surface area contributed by atoms with E-state index in [2.05, 4.69) is 10.6 Å². The largest absolute Gasteiger partial charge is 0.346 e. The molecule has 2 aliphatic rings. The molecule has 4 rings (SSSR count). The molecule has 1 saturated carbocycles. The fourth-order valence-corrected chi connectivity index (χ4v) is 6.42. The van der Waals surface area contributed by atoms with E-state index in [1.807, 2.05) is 60.7 Å². The Morgan fingerprint density at radius 1 is 1.06 bits per heavy atom. The molecule has 1 saturated heterocycles. The van der Waals surface area contributed by atoms with Crippen molar-refractivity contribution in [1.29, 1.82) is 0 Å². The van der Waals surface area contributed by atoms with E-state index >= 15 is 0 Å². The van der Waals surface area contributed by atoms with Gasteiger partial charge >= 0.3 is 0 Å². The lowest BCUT2D eigenvalue weighted by Crippen LogP contribution is -2.55. The van der Waals surface area contributed by atoms with Crippen molar-refractivity contribution in [3.05, 3.63) is 71.8 Å². The highest BCUT2D eigenvalue weighted by Gasteiger charge is 2.68. The zero-order valence-corrected chi connectivity index (χ0v) is 18.7. The number of aryl methyl sites for hydroxylation is 1. The van der Waals surface area contributed by atoms with Gasteiger partial charge in [-0.15, -0.1) is 11.8 Å². The molecule has 166 valence electrons. The minimum atomic E-state index is -0.936. The summed E-state index contributed by atoms with van der Waals surface area (Å²) in [5.41, 5.74) is 2.06. The summed E-state index contributed by atoms with van der Waals surface area (Å²) in [6.07, 6.45) is 1.47. The lowest BCUT2D eigenvalue weighted by Gasteiger charge is -2.48. The van der Waals surface area contributed by atoms with Crippen molar-refractivity contribution in [3.8, 4) is 0 Å². The first kappa shape index (κ1) is 22.3. The summed E-state index contributed by atoms with van der Waals surface area (Å²) < 4.78 is -0.936. The van der Waals surface area contributed by atoms with Crippen LogP contribution in [-0.2, 0) is 25.6 Å². The molecule has 4 atom stereocenters. The minimum absolute atomic E-state index is 0.0789. The summed E-state index contributed by atoms with van der Waals surface area (Å²) in [6, 6.07) is 18.7. The van der Waals surface area contributed by atoms with Crippen molar-refractivity contribution in [1.82, 2.24) is 10.6 Å². The van der Waals surface area contributed by atoms with Crippen LogP contribution in [0, 0.1) is 5.92 Å². The van der Waals surface area contributed by atoms with Crippen LogP contribution >= 0.6 is 11.8 Å². The molecule has 2 N–H and O–H groups in total. The standard InChI is InChI=1S/C25H26N2O4S/c1-16(28)26-21(22(29)13-12-17-8-4-2-5-9-17)15-32-25-19(18-10-6-3-7-11-18)14-20(25)23(30)27-24(25)31/h2-11,19-21H,12-15H2,1H3,(H,26,28)(H,27,30,31)/t19?,20-,21-,25+/m1/s1. The first-order chi connectivity index (χ1) is 15.4. The first-order valence-corrected chi connectivity index (χ1v) is 11.8. The van der Waals surface area contributed by atoms with Crippen molar-refractivity contribution in [3.63, 3.8) is 0 Å². The number of hydrogen-bond acceptors (Lipinski definition) is 5. The van der Waals surface area contributed by atoms with Gasteiger partial charge in [-0.2, -0.15) is 0 Å². The van der Waals surface area contributed by atoms with E-state index in [0.29, 0.717) is 19.3 Å². The average molecular weight is 451 g/mol. The second-order valence-corrected chi connectivity index (χ2v) is 9.68. The highest BCUT2D eigenvalue weighted by Crippen LogP contribution is 2.60. The van der Waals surface area contributed by atoms with Crippen molar-refractivity contribution in [2.45, 2.75) is 42.9 Å². The Bertz CT molecular complexity index is 1030. The van der Waals surface area contributed by atoms with E-state index in [0.717, 1.165) is 11.1 Å². The van der Waals surface area contributed by atoms with E-state index in [9.17, 15) is 19.2 Å². The van der Waals surface area contributed by atoms with Crippen LogP contribution in [0.25, 0.3) is 0 Å². The second-order valence-electron chi connectivity index (χ2n) is 8.38. The highest BCUT2D eigenvalue weighted by atomic mass is 32.2. The van der Waals surface area contributed by atoms with Gasteiger partial charge in [-0.3, -0.25) is 24.5 Å². The van der Waals surface area contributed by atoms with Crippen molar-refractivity contribution in [2.75, 3.05) is 5.75 Å². The highest BCUT2D eigenvalue weighted by molar-refractivity contribution is 8.01. The van der Waals surface area contributed by atoms with E-state index < -0.39 is 16.7 Å². The van der Waals surface area contributed by atoms with Crippen LogP contribution in [0.3, 0.4) is 0 Å². The van der Waals surface area contributed by atoms with Crippen molar-refractivity contribution < 1.29 is 19.2 Å². The van der Waals surface area contributed by atoms with Gasteiger partial charge in [-0.05, 0) is 24.0 Å². The van der Waals surface area contributed by atoms with E-state index in [1.54, 1.807) is 0 Å². The summed E-state index contributed by atoms with van der Waals surface area (Å²) in [5, 5.41) is 5.24. The number of rotatable bonds is 9. The maximum atomic E-state index is 13.0. The molecule has 32 heavy (non-hydrogen) atoms. The predicted octanol–water partition coefficient (Wildman–Crippen LogP) is 2.63. The second kappa shape index (κ2) is 9.28. The fourth-order valence-electron chi connectivity index (χ4n) is 4.69. The van der Waals surface area contributed by atoms with Gasteiger partial charge in [0.2, 0.25) is 17.7 Å². The number of fused-ring (bicyclic) bond motifs is 1. The topological polar surface area (TPSA) is 92.3 Å². The van der Waals surface area contributed by atoms with Crippen molar-refractivity contribution >= 4 is 35.3 Å². The van der Waals surface area contributed by atoms with E-state index in [4.69, 9.17) is 0 Å². The molecule has 2 aromatic rings. The van der Waals surface area contributed by atoms with E-state index in [1.165, 1.54) is 18.7 Å². The molecular weight excluding hydrogens is 424 g/mol. The average Bonchev–Trinajstić information content (AvgIpc) is 2.95. The third-order valence-electron chi connectivity index (χ3n) is 6.37. The third kappa shape index (κ3) is 4.21.